The number of benzene rings is 2. The van der Waals surface area contributed by atoms with Gasteiger partial charge in [-0.2, -0.15) is 0 Å². The molecule has 0 aliphatic heterocycles. The average molecular weight is 296 g/mol. The summed E-state index contributed by atoms with van der Waals surface area (Å²) in [4.78, 5) is 0. The molecule has 0 bridgehead atoms. The Hall–Kier alpha value is -1.22. The van der Waals surface area contributed by atoms with E-state index < -0.39 is 0 Å². The Morgan fingerprint density at radius 3 is 2.58 bits per heavy atom. The first-order chi connectivity index (χ1) is 9.11. The summed E-state index contributed by atoms with van der Waals surface area (Å²) in [5.41, 5.74) is 7.51. The quantitative estimate of drug-likeness (QED) is 0.895. The van der Waals surface area contributed by atoms with Crippen molar-refractivity contribution in [2.24, 2.45) is 5.73 Å². The van der Waals surface area contributed by atoms with Gasteiger partial charge in [-0.1, -0.05) is 29.3 Å². The van der Waals surface area contributed by atoms with Crippen LogP contribution in [0.25, 0.3) is 0 Å². The van der Waals surface area contributed by atoms with Gasteiger partial charge in [0.2, 0.25) is 0 Å². The van der Waals surface area contributed by atoms with Crippen molar-refractivity contribution >= 4 is 23.2 Å². The zero-order valence-electron chi connectivity index (χ0n) is 10.6. The molecule has 2 aromatic carbocycles. The molecule has 0 heterocycles. The molecule has 19 heavy (non-hydrogen) atoms. The molecule has 0 unspecified atom stereocenters. The molecule has 0 aliphatic rings. The zero-order valence-corrected chi connectivity index (χ0v) is 12.1. The molecule has 0 spiro atoms. The Bertz CT molecular complexity index is 584. The first kappa shape index (κ1) is 14.2. The van der Waals surface area contributed by atoms with Gasteiger partial charge in [-0.05, 0) is 55.8 Å². The molecule has 2 rings (SSSR count). The summed E-state index contributed by atoms with van der Waals surface area (Å²) in [7, 11) is 0. The fourth-order valence-electron chi connectivity index (χ4n) is 1.83. The first-order valence-corrected chi connectivity index (χ1v) is 6.79. The van der Waals surface area contributed by atoms with E-state index in [1.807, 2.05) is 43.3 Å². The topological polar surface area (TPSA) is 35.2 Å². The Morgan fingerprint density at radius 2 is 1.89 bits per heavy atom. The van der Waals surface area contributed by atoms with Crippen LogP contribution in [0, 0.1) is 6.92 Å². The van der Waals surface area contributed by atoms with Gasteiger partial charge in [-0.25, -0.2) is 0 Å². The van der Waals surface area contributed by atoms with E-state index in [1.165, 1.54) is 0 Å². The van der Waals surface area contributed by atoms with Crippen molar-refractivity contribution in [3.05, 3.63) is 57.6 Å². The summed E-state index contributed by atoms with van der Waals surface area (Å²) in [6, 6.07) is 11.1. The molecular formula is C15H15Cl2NO. The SMILES string of the molecule is Cc1cc(Oc2cccc(Cl)c2CCN)ccc1Cl. The van der Waals surface area contributed by atoms with Crippen LogP contribution in [-0.4, -0.2) is 6.54 Å². The molecule has 0 fully saturated rings. The maximum Gasteiger partial charge on any atom is 0.132 e. The van der Waals surface area contributed by atoms with Crippen LogP contribution in [0.4, 0.5) is 0 Å². The van der Waals surface area contributed by atoms with E-state index in [0.29, 0.717) is 18.0 Å². The lowest BCUT2D eigenvalue weighted by atomic mass is 10.1. The summed E-state index contributed by atoms with van der Waals surface area (Å²) in [5, 5.41) is 1.40. The highest BCUT2D eigenvalue weighted by Crippen LogP contribution is 2.32. The number of halogens is 2. The van der Waals surface area contributed by atoms with Gasteiger partial charge in [0.05, 0.1) is 0 Å². The average Bonchev–Trinajstić information content (AvgIpc) is 2.38. The smallest absolute Gasteiger partial charge is 0.132 e. The molecule has 0 radical (unpaired) electrons. The second kappa shape index (κ2) is 6.29. The van der Waals surface area contributed by atoms with Crippen molar-refractivity contribution in [2.45, 2.75) is 13.3 Å². The van der Waals surface area contributed by atoms with E-state index in [4.69, 9.17) is 33.7 Å². The molecule has 2 nitrogen and oxygen atoms in total. The fourth-order valence-corrected chi connectivity index (χ4v) is 2.21. The summed E-state index contributed by atoms with van der Waals surface area (Å²) >= 11 is 12.2. The van der Waals surface area contributed by atoms with Crippen LogP contribution >= 0.6 is 23.2 Å². The normalized spacial score (nSPS) is 10.5. The van der Waals surface area contributed by atoms with Gasteiger partial charge in [0.25, 0.3) is 0 Å². The Kier molecular flexibility index (Phi) is 4.70. The van der Waals surface area contributed by atoms with Gasteiger partial charge in [-0.3, -0.25) is 0 Å². The molecule has 4 heteroatoms. The van der Waals surface area contributed by atoms with Crippen LogP contribution in [0.5, 0.6) is 11.5 Å². The van der Waals surface area contributed by atoms with Crippen LogP contribution in [0.3, 0.4) is 0 Å². The number of aryl methyl sites for hydroxylation is 1. The first-order valence-electron chi connectivity index (χ1n) is 6.03. The minimum Gasteiger partial charge on any atom is -0.457 e. The lowest BCUT2D eigenvalue weighted by Crippen LogP contribution is -2.04. The van der Waals surface area contributed by atoms with Gasteiger partial charge in [-0.15, -0.1) is 0 Å². The van der Waals surface area contributed by atoms with E-state index in [2.05, 4.69) is 0 Å². The molecule has 100 valence electrons. The second-order valence-electron chi connectivity index (χ2n) is 4.27. The third kappa shape index (κ3) is 3.41. The third-order valence-corrected chi connectivity index (χ3v) is 3.61. The predicted molar refractivity (Wildman–Crippen MR) is 80.5 cm³/mol. The highest BCUT2D eigenvalue weighted by molar-refractivity contribution is 6.31. The maximum absolute atomic E-state index is 6.17. The minimum absolute atomic E-state index is 0.528. The van der Waals surface area contributed by atoms with Gasteiger partial charge in [0.1, 0.15) is 11.5 Å². The molecule has 0 aliphatic carbocycles. The van der Waals surface area contributed by atoms with Gasteiger partial charge >= 0.3 is 0 Å². The largest absolute Gasteiger partial charge is 0.457 e. The van der Waals surface area contributed by atoms with Crippen molar-refractivity contribution in [3.8, 4) is 11.5 Å². The molecule has 0 atom stereocenters. The van der Waals surface area contributed by atoms with Crippen LogP contribution in [0.15, 0.2) is 36.4 Å². The van der Waals surface area contributed by atoms with Crippen molar-refractivity contribution in [2.75, 3.05) is 6.54 Å². The van der Waals surface area contributed by atoms with E-state index in [9.17, 15) is 0 Å². The molecule has 0 saturated heterocycles. The monoisotopic (exact) mass is 295 g/mol. The lowest BCUT2D eigenvalue weighted by Gasteiger charge is -2.12. The number of hydrogen-bond acceptors (Lipinski definition) is 2. The van der Waals surface area contributed by atoms with Crippen LogP contribution < -0.4 is 10.5 Å². The van der Waals surface area contributed by atoms with E-state index >= 15 is 0 Å². The molecule has 0 saturated carbocycles. The van der Waals surface area contributed by atoms with E-state index in [-0.39, 0.29) is 0 Å². The zero-order chi connectivity index (χ0) is 13.8. The second-order valence-corrected chi connectivity index (χ2v) is 5.08. The van der Waals surface area contributed by atoms with E-state index in [1.54, 1.807) is 0 Å². The Morgan fingerprint density at radius 1 is 1.11 bits per heavy atom. The summed E-state index contributed by atoms with van der Waals surface area (Å²) < 4.78 is 5.88. The van der Waals surface area contributed by atoms with E-state index in [0.717, 1.165) is 27.6 Å². The highest BCUT2D eigenvalue weighted by Gasteiger charge is 2.09. The van der Waals surface area contributed by atoms with Crippen molar-refractivity contribution < 1.29 is 4.74 Å². The predicted octanol–water partition coefficient (Wildman–Crippen LogP) is 4.60. The summed E-state index contributed by atoms with van der Waals surface area (Å²) in [5.74, 6) is 1.47. The molecule has 2 N–H and O–H groups in total. The van der Waals surface area contributed by atoms with Crippen LogP contribution in [-0.2, 0) is 6.42 Å². The Labute approximate surface area is 123 Å². The molecule has 0 amide bonds. The van der Waals surface area contributed by atoms with Gasteiger partial charge in [0.15, 0.2) is 0 Å². The molecular weight excluding hydrogens is 281 g/mol. The number of ether oxygens (including phenoxy) is 1. The summed E-state index contributed by atoms with van der Waals surface area (Å²) in [6.07, 6.45) is 0.682. The lowest BCUT2D eigenvalue weighted by molar-refractivity contribution is 0.476. The number of rotatable bonds is 4. The van der Waals surface area contributed by atoms with Crippen LogP contribution in [0.1, 0.15) is 11.1 Å². The maximum atomic E-state index is 6.17. The molecule has 0 aromatic heterocycles. The van der Waals surface area contributed by atoms with Crippen molar-refractivity contribution in [1.82, 2.24) is 0 Å². The highest BCUT2D eigenvalue weighted by atomic mass is 35.5. The fraction of sp³-hybridized carbons (Fsp3) is 0.200. The number of nitrogens with two attached hydrogens (primary N) is 1. The van der Waals surface area contributed by atoms with Crippen LogP contribution in [0.2, 0.25) is 10.0 Å². The van der Waals surface area contributed by atoms with Crippen molar-refractivity contribution in [1.29, 1.82) is 0 Å². The number of hydrogen-bond donors (Lipinski definition) is 1. The Balaban J connectivity index is 2.32. The van der Waals surface area contributed by atoms with Gasteiger partial charge < -0.3 is 10.5 Å². The third-order valence-electron chi connectivity index (χ3n) is 2.83. The standard InChI is InChI=1S/C15H15Cl2NO/c1-10-9-11(5-6-13(10)16)19-15-4-2-3-14(17)12(15)7-8-18/h2-6,9H,7-8,18H2,1H3. The van der Waals surface area contributed by atoms with Crippen molar-refractivity contribution in [3.63, 3.8) is 0 Å². The van der Waals surface area contributed by atoms with Gasteiger partial charge in [0, 0.05) is 15.6 Å². The minimum atomic E-state index is 0.528. The summed E-state index contributed by atoms with van der Waals surface area (Å²) in [6.45, 7) is 2.47. The molecule has 2 aromatic rings.